The molecule has 1 amide bonds. The van der Waals surface area contributed by atoms with Crippen molar-refractivity contribution in [1.29, 1.82) is 0 Å². The third-order valence-corrected chi connectivity index (χ3v) is 4.38. The Morgan fingerprint density at radius 3 is 2.65 bits per heavy atom. The smallest absolute Gasteiger partial charge is 0.341 e. The number of nitrogens with one attached hydrogen (secondary N) is 2. The number of aromatic amines is 1. The Labute approximate surface area is 136 Å². The summed E-state index contributed by atoms with van der Waals surface area (Å²) in [7, 11) is 0. The van der Waals surface area contributed by atoms with E-state index in [1.807, 2.05) is 0 Å². The summed E-state index contributed by atoms with van der Waals surface area (Å²) in [6.07, 6.45) is 2.88. The fourth-order valence-corrected chi connectivity index (χ4v) is 2.90. The van der Waals surface area contributed by atoms with Gasteiger partial charge < -0.3 is 15.4 Å². The van der Waals surface area contributed by atoms with Crippen LogP contribution in [0.5, 0.6) is 0 Å². The number of carbonyl (C=O) groups is 2. The Hall–Kier alpha value is -2.34. The Morgan fingerprint density at radius 2 is 2.04 bits per heavy atom. The number of carboxylic acids is 1. The van der Waals surface area contributed by atoms with Crippen molar-refractivity contribution in [2.45, 2.75) is 25.8 Å². The molecule has 0 spiro atoms. The Balaban J connectivity index is 1.95. The van der Waals surface area contributed by atoms with Crippen LogP contribution < -0.4 is 10.9 Å². The molecule has 0 atom stereocenters. The van der Waals surface area contributed by atoms with E-state index in [-0.39, 0.29) is 23.9 Å². The summed E-state index contributed by atoms with van der Waals surface area (Å²) < 4.78 is 0. The van der Waals surface area contributed by atoms with E-state index in [1.165, 1.54) is 6.07 Å². The number of carbonyl (C=O) groups excluding carboxylic acids is 1. The predicted molar refractivity (Wildman–Crippen MR) is 85.7 cm³/mol. The fraction of sp³-hybridized carbons (Fsp3) is 0.312. The van der Waals surface area contributed by atoms with E-state index in [1.54, 1.807) is 12.1 Å². The topological polar surface area (TPSA) is 99.3 Å². The Morgan fingerprint density at radius 1 is 1.30 bits per heavy atom. The highest BCUT2D eigenvalue weighted by atomic mass is 35.5. The highest BCUT2D eigenvalue weighted by Gasteiger charge is 2.25. The summed E-state index contributed by atoms with van der Waals surface area (Å²) in [5, 5.41) is 12.8. The molecule has 6 nitrogen and oxygen atoms in total. The molecular formula is C16H15ClN2O4. The van der Waals surface area contributed by atoms with E-state index < -0.39 is 11.5 Å². The highest BCUT2D eigenvalue weighted by molar-refractivity contribution is 6.31. The average Bonchev–Trinajstić information content (AvgIpc) is 2.42. The number of benzene rings is 1. The molecule has 23 heavy (non-hydrogen) atoms. The number of aromatic nitrogens is 1. The van der Waals surface area contributed by atoms with Crippen LogP contribution in [0.4, 0.5) is 0 Å². The third kappa shape index (κ3) is 3.07. The maximum absolute atomic E-state index is 11.9. The molecule has 1 aliphatic carbocycles. The van der Waals surface area contributed by atoms with Gasteiger partial charge in [0, 0.05) is 22.9 Å². The van der Waals surface area contributed by atoms with Crippen LogP contribution in [0.1, 0.15) is 35.2 Å². The molecule has 120 valence electrons. The van der Waals surface area contributed by atoms with Gasteiger partial charge in [0.15, 0.2) is 0 Å². The van der Waals surface area contributed by atoms with Gasteiger partial charge in [-0.2, -0.15) is 0 Å². The largest absolute Gasteiger partial charge is 0.477 e. The zero-order chi connectivity index (χ0) is 16.6. The van der Waals surface area contributed by atoms with Crippen LogP contribution in [0, 0.1) is 5.92 Å². The third-order valence-electron chi connectivity index (χ3n) is 4.16. The summed E-state index contributed by atoms with van der Waals surface area (Å²) in [5.41, 5.74) is 0.107. The lowest BCUT2D eigenvalue weighted by molar-refractivity contribution is -0.127. The second-order valence-electron chi connectivity index (χ2n) is 5.69. The van der Waals surface area contributed by atoms with Gasteiger partial charge in [-0.05, 0) is 36.6 Å². The average molecular weight is 335 g/mol. The maximum atomic E-state index is 11.9. The van der Waals surface area contributed by atoms with Gasteiger partial charge in [0.05, 0.1) is 5.52 Å². The SMILES string of the molecule is O=C(O)c1cc2cc(Cl)cc(CNC(=O)C3CCC3)c2[nH]c1=O. The van der Waals surface area contributed by atoms with Crippen LogP contribution in [0.15, 0.2) is 23.0 Å². The summed E-state index contributed by atoms with van der Waals surface area (Å²) in [4.78, 5) is 37.4. The second kappa shape index (κ2) is 6.04. The minimum Gasteiger partial charge on any atom is -0.477 e. The molecule has 2 aromatic rings. The molecule has 1 saturated carbocycles. The van der Waals surface area contributed by atoms with Gasteiger partial charge >= 0.3 is 5.97 Å². The molecule has 7 heteroatoms. The number of carboxylic acid groups (broad SMARTS) is 1. The molecule has 0 saturated heterocycles. The van der Waals surface area contributed by atoms with Gasteiger partial charge in [-0.15, -0.1) is 0 Å². The van der Waals surface area contributed by atoms with E-state index in [4.69, 9.17) is 16.7 Å². The first-order chi connectivity index (χ1) is 11.0. The maximum Gasteiger partial charge on any atom is 0.341 e. The normalized spacial score (nSPS) is 14.5. The van der Waals surface area contributed by atoms with Crippen LogP contribution >= 0.6 is 11.6 Å². The number of hydrogen-bond acceptors (Lipinski definition) is 3. The molecule has 1 aromatic carbocycles. The Kier molecular flexibility index (Phi) is 4.09. The number of halogens is 1. The van der Waals surface area contributed by atoms with Crippen molar-refractivity contribution in [2.75, 3.05) is 0 Å². The molecule has 0 bridgehead atoms. The van der Waals surface area contributed by atoms with Crippen molar-refractivity contribution in [2.24, 2.45) is 5.92 Å². The first-order valence-electron chi connectivity index (χ1n) is 7.32. The number of amides is 1. The molecule has 0 unspecified atom stereocenters. The van der Waals surface area contributed by atoms with Crippen molar-refractivity contribution < 1.29 is 14.7 Å². The Bertz CT molecular complexity index is 855. The summed E-state index contributed by atoms with van der Waals surface area (Å²) >= 11 is 6.06. The molecule has 1 aromatic heterocycles. The molecule has 0 radical (unpaired) electrons. The summed E-state index contributed by atoms with van der Waals surface area (Å²) in [6, 6.07) is 4.53. The molecular weight excluding hydrogens is 320 g/mol. The highest BCUT2D eigenvalue weighted by Crippen LogP contribution is 2.27. The van der Waals surface area contributed by atoms with E-state index in [0.717, 1.165) is 19.3 Å². The lowest BCUT2D eigenvalue weighted by atomic mass is 9.85. The van der Waals surface area contributed by atoms with Crippen LogP contribution in [0.25, 0.3) is 10.9 Å². The lowest BCUT2D eigenvalue weighted by Crippen LogP contribution is -2.34. The number of rotatable bonds is 4. The first kappa shape index (κ1) is 15.6. The van der Waals surface area contributed by atoms with Gasteiger partial charge in [0.25, 0.3) is 5.56 Å². The number of fused-ring (bicyclic) bond motifs is 1. The van der Waals surface area contributed by atoms with Crippen molar-refractivity contribution in [3.63, 3.8) is 0 Å². The van der Waals surface area contributed by atoms with E-state index in [2.05, 4.69) is 10.3 Å². The molecule has 1 aliphatic rings. The monoisotopic (exact) mass is 334 g/mol. The van der Waals surface area contributed by atoms with Crippen molar-refractivity contribution in [3.05, 3.63) is 44.7 Å². The van der Waals surface area contributed by atoms with Gasteiger partial charge in [0.2, 0.25) is 5.91 Å². The molecule has 1 heterocycles. The molecule has 1 fully saturated rings. The molecule has 3 rings (SSSR count). The van der Waals surface area contributed by atoms with E-state index in [9.17, 15) is 14.4 Å². The van der Waals surface area contributed by atoms with Crippen molar-refractivity contribution >= 4 is 34.4 Å². The standard InChI is InChI=1S/C16H15ClN2O4/c17-11-4-9-6-12(16(22)23)15(21)19-13(9)10(5-11)7-18-14(20)8-2-1-3-8/h4-6,8H,1-3,7H2,(H,18,20)(H,19,21)(H,22,23). The van der Waals surface area contributed by atoms with Gasteiger partial charge in [-0.1, -0.05) is 18.0 Å². The van der Waals surface area contributed by atoms with Crippen LogP contribution in [-0.2, 0) is 11.3 Å². The van der Waals surface area contributed by atoms with Crippen LogP contribution in [-0.4, -0.2) is 22.0 Å². The lowest BCUT2D eigenvalue weighted by Gasteiger charge is -2.24. The van der Waals surface area contributed by atoms with Gasteiger partial charge in [-0.25, -0.2) is 4.79 Å². The first-order valence-corrected chi connectivity index (χ1v) is 7.70. The van der Waals surface area contributed by atoms with Crippen molar-refractivity contribution in [1.82, 2.24) is 10.3 Å². The van der Waals surface area contributed by atoms with Gasteiger partial charge in [-0.3, -0.25) is 9.59 Å². The van der Waals surface area contributed by atoms with Crippen LogP contribution in [0.2, 0.25) is 5.02 Å². The van der Waals surface area contributed by atoms with Crippen LogP contribution in [0.3, 0.4) is 0 Å². The number of aromatic carboxylic acids is 1. The number of H-pyrrole nitrogens is 1. The second-order valence-corrected chi connectivity index (χ2v) is 6.13. The zero-order valence-electron chi connectivity index (χ0n) is 12.2. The number of pyridine rings is 1. The van der Waals surface area contributed by atoms with E-state index in [0.29, 0.717) is 21.5 Å². The van der Waals surface area contributed by atoms with Crippen molar-refractivity contribution in [3.8, 4) is 0 Å². The number of hydrogen-bond donors (Lipinski definition) is 3. The fourth-order valence-electron chi connectivity index (χ4n) is 2.65. The zero-order valence-corrected chi connectivity index (χ0v) is 12.9. The summed E-state index contributed by atoms with van der Waals surface area (Å²) in [5.74, 6) is -1.24. The summed E-state index contributed by atoms with van der Waals surface area (Å²) in [6.45, 7) is 0.231. The predicted octanol–water partition coefficient (Wildman–Crippen LogP) is 2.30. The minimum atomic E-state index is -1.30. The molecule has 0 aliphatic heterocycles. The van der Waals surface area contributed by atoms with E-state index >= 15 is 0 Å². The molecule has 3 N–H and O–H groups in total. The quantitative estimate of drug-likeness (QED) is 0.798. The minimum absolute atomic E-state index is 0.00567. The van der Waals surface area contributed by atoms with Gasteiger partial charge in [0.1, 0.15) is 5.56 Å².